The van der Waals surface area contributed by atoms with Crippen molar-refractivity contribution in [2.45, 2.75) is 33.2 Å². The van der Waals surface area contributed by atoms with Crippen molar-refractivity contribution in [2.75, 3.05) is 39.9 Å². The van der Waals surface area contributed by atoms with Gasteiger partial charge in [0, 0.05) is 44.8 Å². The van der Waals surface area contributed by atoms with E-state index in [0.717, 1.165) is 45.7 Å². The fraction of sp³-hybridized carbons (Fsp3) is 0.667. The summed E-state index contributed by atoms with van der Waals surface area (Å²) in [5.74, 6) is 1.33. The predicted octanol–water partition coefficient (Wildman–Crippen LogP) is 2.48. The number of ether oxygens (including phenoxy) is 1. The number of carbonyl (C=O) groups excluding carboxylic acids is 1. The van der Waals surface area contributed by atoms with Gasteiger partial charge in [-0.2, -0.15) is 0 Å². The molecule has 1 amide bonds. The third-order valence-electron chi connectivity index (χ3n) is 4.00. The maximum Gasteiger partial charge on any atom is 0.242 e. The minimum Gasteiger partial charge on any atom is -0.381 e. The quantitative estimate of drug-likeness (QED) is 0.252. The van der Waals surface area contributed by atoms with Crippen molar-refractivity contribution < 1.29 is 9.53 Å². The average Bonchev–Trinajstić information content (AvgIpc) is 3.07. The first-order valence-corrected chi connectivity index (χ1v) is 9.83. The molecule has 26 heavy (non-hydrogen) atoms. The van der Waals surface area contributed by atoms with Crippen LogP contribution in [0.4, 0.5) is 0 Å². The van der Waals surface area contributed by atoms with Gasteiger partial charge >= 0.3 is 0 Å². The zero-order valence-electron chi connectivity index (χ0n) is 15.9. The topological polar surface area (TPSA) is 66.0 Å². The van der Waals surface area contributed by atoms with Crippen LogP contribution >= 0.6 is 35.3 Å². The summed E-state index contributed by atoms with van der Waals surface area (Å²) in [4.78, 5) is 19.9. The van der Waals surface area contributed by atoms with Crippen LogP contribution in [0.5, 0.6) is 0 Å². The Labute approximate surface area is 177 Å². The van der Waals surface area contributed by atoms with Crippen LogP contribution in [-0.4, -0.2) is 56.7 Å². The fourth-order valence-corrected chi connectivity index (χ4v) is 3.54. The molecule has 0 aliphatic carbocycles. The van der Waals surface area contributed by atoms with E-state index in [0.29, 0.717) is 11.9 Å². The van der Waals surface area contributed by atoms with Gasteiger partial charge in [-0.15, -0.1) is 35.3 Å². The SMILES string of the molecule is CN=C(NCCCOCC(C)C)NCC(=O)N1CCc2sccc2C1.I. The van der Waals surface area contributed by atoms with E-state index >= 15 is 0 Å². The number of hydrogen-bond donors (Lipinski definition) is 2. The number of carbonyl (C=O) groups is 1. The fourth-order valence-electron chi connectivity index (χ4n) is 2.65. The standard InChI is InChI=1S/C18H30N4O2S.HI/c1-14(2)13-24-9-4-7-20-18(19-3)21-11-17(23)22-8-5-16-15(12-22)6-10-25-16;/h6,10,14H,4-5,7-9,11-13H2,1-3H3,(H2,19,20,21);1H. The number of hydrogen-bond acceptors (Lipinski definition) is 4. The lowest BCUT2D eigenvalue weighted by Crippen LogP contribution is -2.46. The number of guanidine groups is 1. The number of thiophene rings is 1. The van der Waals surface area contributed by atoms with Crippen molar-refractivity contribution in [1.29, 1.82) is 0 Å². The Balaban J connectivity index is 0.00000338. The highest BCUT2D eigenvalue weighted by Gasteiger charge is 2.21. The van der Waals surface area contributed by atoms with Crippen molar-refractivity contribution in [3.63, 3.8) is 0 Å². The van der Waals surface area contributed by atoms with Gasteiger partial charge in [0.1, 0.15) is 0 Å². The zero-order valence-corrected chi connectivity index (χ0v) is 19.1. The van der Waals surface area contributed by atoms with Gasteiger partial charge in [0.25, 0.3) is 0 Å². The van der Waals surface area contributed by atoms with E-state index in [1.165, 1.54) is 10.4 Å². The Bertz CT molecular complexity index is 577. The molecule has 0 radical (unpaired) electrons. The van der Waals surface area contributed by atoms with Crippen LogP contribution in [-0.2, 0) is 22.5 Å². The highest BCUT2D eigenvalue weighted by Crippen LogP contribution is 2.23. The summed E-state index contributed by atoms with van der Waals surface area (Å²) in [5.41, 5.74) is 1.29. The molecule has 0 fully saturated rings. The van der Waals surface area contributed by atoms with E-state index in [2.05, 4.69) is 40.9 Å². The lowest BCUT2D eigenvalue weighted by Gasteiger charge is -2.27. The van der Waals surface area contributed by atoms with E-state index in [9.17, 15) is 4.79 Å². The second kappa shape index (κ2) is 12.5. The summed E-state index contributed by atoms with van der Waals surface area (Å²) in [6, 6.07) is 2.12. The monoisotopic (exact) mass is 494 g/mol. The minimum atomic E-state index is 0. The molecule has 148 valence electrons. The smallest absolute Gasteiger partial charge is 0.242 e. The first kappa shape index (κ1) is 23.2. The molecular weight excluding hydrogens is 463 g/mol. The van der Waals surface area contributed by atoms with Crippen molar-refractivity contribution in [3.05, 3.63) is 21.9 Å². The second-order valence-corrected chi connectivity index (χ2v) is 7.61. The normalized spacial score (nSPS) is 14.0. The minimum absolute atomic E-state index is 0. The van der Waals surface area contributed by atoms with Gasteiger partial charge in [0.15, 0.2) is 5.96 Å². The Morgan fingerprint density at radius 1 is 1.42 bits per heavy atom. The van der Waals surface area contributed by atoms with Crippen LogP contribution in [0.25, 0.3) is 0 Å². The molecule has 0 saturated carbocycles. The molecule has 1 aliphatic rings. The van der Waals surface area contributed by atoms with E-state index in [-0.39, 0.29) is 36.4 Å². The van der Waals surface area contributed by atoms with Gasteiger partial charge < -0.3 is 20.3 Å². The molecule has 1 aliphatic heterocycles. The third-order valence-corrected chi connectivity index (χ3v) is 5.02. The molecule has 1 aromatic rings. The molecule has 0 atom stereocenters. The van der Waals surface area contributed by atoms with Gasteiger partial charge in [-0.25, -0.2) is 0 Å². The highest BCUT2D eigenvalue weighted by atomic mass is 127. The maximum atomic E-state index is 12.4. The van der Waals surface area contributed by atoms with Crippen LogP contribution in [0, 0.1) is 5.92 Å². The molecular formula is C18H31IN4O2S. The van der Waals surface area contributed by atoms with E-state index in [4.69, 9.17) is 4.74 Å². The number of rotatable bonds is 8. The zero-order chi connectivity index (χ0) is 18.1. The number of halogens is 1. The number of nitrogens with one attached hydrogen (secondary N) is 2. The van der Waals surface area contributed by atoms with Crippen molar-refractivity contribution in [3.8, 4) is 0 Å². The summed E-state index contributed by atoms with van der Waals surface area (Å²) < 4.78 is 5.55. The van der Waals surface area contributed by atoms with Gasteiger partial charge in [-0.3, -0.25) is 9.79 Å². The van der Waals surface area contributed by atoms with E-state index < -0.39 is 0 Å². The lowest BCUT2D eigenvalue weighted by atomic mass is 10.1. The van der Waals surface area contributed by atoms with Crippen LogP contribution < -0.4 is 10.6 Å². The first-order valence-electron chi connectivity index (χ1n) is 8.95. The largest absolute Gasteiger partial charge is 0.381 e. The number of aliphatic imine (C=N–C) groups is 1. The summed E-state index contributed by atoms with van der Waals surface area (Å²) in [6.07, 6.45) is 1.87. The Morgan fingerprint density at radius 2 is 2.23 bits per heavy atom. The molecule has 2 N–H and O–H groups in total. The Morgan fingerprint density at radius 3 is 2.96 bits per heavy atom. The second-order valence-electron chi connectivity index (χ2n) is 6.61. The van der Waals surface area contributed by atoms with Crippen LogP contribution in [0.1, 0.15) is 30.7 Å². The van der Waals surface area contributed by atoms with Gasteiger partial charge in [-0.05, 0) is 35.8 Å². The molecule has 2 rings (SSSR count). The van der Waals surface area contributed by atoms with Gasteiger partial charge in [0.05, 0.1) is 6.54 Å². The molecule has 8 heteroatoms. The summed E-state index contributed by atoms with van der Waals surface area (Å²) in [5, 5.41) is 8.42. The molecule has 1 aromatic heterocycles. The molecule has 0 spiro atoms. The molecule has 2 heterocycles. The van der Waals surface area contributed by atoms with Crippen molar-refractivity contribution in [2.24, 2.45) is 10.9 Å². The van der Waals surface area contributed by atoms with Gasteiger partial charge in [0.2, 0.25) is 5.91 Å². The molecule has 0 aromatic carbocycles. The molecule has 0 bridgehead atoms. The van der Waals surface area contributed by atoms with Crippen LogP contribution in [0.2, 0.25) is 0 Å². The van der Waals surface area contributed by atoms with Crippen LogP contribution in [0.3, 0.4) is 0 Å². The highest BCUT2D eigenvalue weighted by molar-refractivity contribution is 14.0. The maximum absolute atomic E-state index is 12.4. The third kappa shape index (κ3) is 7.79. The molecule has 0 unspecified atom stereocenters. The molecule has 6 nitrogen and oxygen atoms in total. The van der Waals surface area contributed by atoms with E-state index in [1.54, 1.807) is 18.4 Å². The summed E-state index contributed by atoms with van der Waals surface area (Å²) in [7, 11) is 1.72. The molecule has 0 saturated heterocycles. The Hall–Kier alpha value is -0.870. The summed E-state index contributed by atoms with van der Waals surface area (Å²) >= 11 is 1.78. The number of fused-ring (bicyclic) bond motifs is 1. The predicted molar refractivity (Wildman–Crippen MR) is 118 cm³/mol. The number of nitrogens with zero attached hydrogens (tertiary/aromatic N) is 2. The summed E-state index contributed by atoms with van der Waals surface area (Å²) in [6.45, 7) is 8.37. The Kier molecular flexibility index (Phi) is 11.1. The average molecular weight is 494 g/mol. The lowest BCUT2D eigenvalue weighted by molar-refractivity contribution is -0.130. The van der Waals surface area contributed by atoms with Crippen molar-refractivity contribution >= 4 is 47.2 Å². The number of amides is 1. The van der Waals surface area contributed by atoms with Crippen molar-refractivity contribution in [1.82, 2.24) is 15.5 Å². The van der Waals surface area contributed by atoms with E-state index in [1.807, 2.05) is 4.90 Å². The van der Waals surface area contributed by atoms with Gasteiger partial charge in [-0.1, -0.05) is 13.8 Å². The van der Waals surface area contributed by atoms with Crippen LogP contribution in [0.15, 0.2) is 16.4 Å². The first-order chi connectivity index (χ1) is 12.1.